The van der Waals surface area contributed by atoms with Crippen molar-refractivity contribution >= 4 is 0 Å². The van der Waals surface area contributed by atoms with Gasteiger partial charge < -0.3 is 19.9 Å². The molecular formula is C16H25NO3. The number of hydrogen-bond acceptors (Lipinski definition) is 4. The van der Waals surface area contributed by atoms with E-state index in [1.54, 1.807) is 14.2 Å². The van der Waals surface area contributed by atoms with Crippen LogP contribution in [0.1, 0.15) is 30.7 Å². The van der Waals surface area contributed by atoms with Gasteiger partial charge in [-0.1, -0.05) is 18.2 Å². The maximum Gasteiger partial charge on any atom is 0.122 e. The highest BCUT2D eigenvalue weighted by Crippen LogP contribution is 2.41. The van der Waals surface area contributed by atoms with Crippen molar-refractivity contribution in [1.82, 2.24) is 5.32 Å². The molecule has 1 unspecified atom stereocenters. The van der Waals surface area contributed by atoms with E-state index in [-0.39, 0.29) is 12.6 Å². The summed E-state index contributed by atoms with van der Waals surface area (Å²) in [5.41, 5.74) is 1.30. The molecule has 1 saturated carbocycles. The van der Waals surface area contributed by atoms with Crippen LogP contribution >= 0.6 is 0 Å². The molecule has 0 bridgehead atoms. The van der Waals surface area contributed by atoms with Crippen LogP contribution in [-0.4, -0.2) is 44.6 Å². The fourth-order valence-corrected chi connectivity index (χ4v) is 2.92. The zero-order chi connectivity index (χ0) is 14.4. The number of ether oxygens (including phenoxy) is 2. The number of rotatable bonds is 8. The van der Waals surface area contributed by atoms with E-state index in [0.29, 0.717) is 18.6 Å². The fourth-order valence-electron chi connectivity index (χ4n) is 2.92. The molecule has 2 N–H and O–H groups in total. The Hall–Kier alpha value is -1.10. The Morgan fingerprint density at radius 1 is 1.30 bits per heavy atom. The second-order valence-corrected chi connectivity index (χ2v) is 5.44. The van der Waals surface area contributed by atoms with E-state index in [9.17, 15) is 0 Å². The molecule has 0 radical (unpaired) electrons. The van der Waals surface area contributed by atoms with Gasteiger partial charge in [0, 0.05) is 25.8 Å². The minimum absolute atomic E-state index is 0.198. The highest BCUT2D eigenvalue weighted by Gasteiger charge is 2.33. The third-order valence-corrected chi connectivity index (χ3v) is 4.03. The summed E-state index contributed by atoms with van der Waals surface area (Å²) in [6.07, 6.45) is 2.97. The molecule has 1 aromatic carbocycles. The van der Waals surface area contributed by atoms with E-state index in [0.717, 1.165) is 25.0 Å². The van der Waals surface area contributed by atoms with Crippen molar-refractivity contribution < 1.29 is 14.6 Å². The lowest BCUT2D eigenvalue weighted by atomic mass is 9.75. The molecule has 2 rings (SSSR count). The lowest BCUT2D eigenvalue weighted by Gasteiger charge is -2.39. The van der Waals surface area contributed by atoms with Crippen molar-refractivity contribution in [1.29, 1.82) is 0 Å². The number of para-hydroxylation sites is 1. The highest BCUT2D eigenvalue weighted by atomic mass is 16.5. The predicted octanol–water partition coefficient (Wildman–Crippen LogP) is 1.93. The summed E-state index contributed by atoms with van der Waals surface area (Å²) in [6, 6.07) is 9.01. The summed E-state index contributed by atoms with van der Waals surface area (Å²) in [7, 11) is 3.42. The normalized spacial score (nSPS) is 23.1. The van der Waals surface area contributed by atoms with Gasteiger partial charge in [0.15, 0.2) is 0 Å². The Morgan fingerprint density at radius 2 is 2.05 bits per heavy atom. The molecule has 4 heteroatoms. The van der Waals surface area contributed by atoms with Crippen LogP contribution in [0.4, 0.5) is 0 Å². The van der Waals surface area contributed by atoms with Crippen LogP contribution in [0.2, 0.25) is 0 Å². The van der Waals surface area contributed by atoms with E-state index < -0.39 is 0 Å². The highest BCUT2D eigenvalue weighted by molar-refractivity contribution is 5.37. The van der Waals surface area contributed by atoms with Gasteiger partial charge in [0.05, 0.1) is 13.7 Å². The van der Waals surface area contributed by atoms with Crippen molar-refractivity contribution in [3.8, 4) is 5.75 Å². The standard InChI is InChI=1S/C16H25NO3/c1-19-11-13(7-8-18)17-14-9-12(10-14)15-5-3-4-6-16(15)20-2/h3-6,12-14,17-18H,7-11H2,1-2H3. The van der Waals surface area contributed by atoms with Crippen molar-refractivity contribution in [3.05, 3.63) is 29.8 Å². The maximum atomic E-state index is 9.05. The average Bonchev–Trinajstić information content (AvgIpc) is 2.43. The molecule has 4 nitrogen and oxygen atoms in total. The Labute approximate surface area is 121 Å². The molecule has 1 aliphatic carbocycles. The molecule has 0 heterocycles. The zero-order valence-electron chi connectivity index (χ0n) is 12.3. The van der Waals surface area contributed by atoms with Crippen molar-refractivity contribution in [2.24, 2.45) is 0 Å². The van der Waals surface area contributed by atoms with Gasteiger partial charge in [0.2, 0.25) is 0 Å². The SMILES string of the molecule is COCC(CCO)NC1CC(c2ccccc2OC)C1. The first kappa shape index (κ1) is 15.3. The quantitative estimate of drug-likeness (QED) is 0.763. The van der Waals surface area contributed by atoms with Crippen LogP contribution < -0.4 is 10.1 Å². The van der Waals surface area contributed by atoms with E-state index in [2.05, 4.69) is 17.4 Å². The molecule has 0 aliphatic heterocycles. The molecule has 112 valence electrons. The number of aliphatic hydroxyl groups excluding tert-OH is 1. The van der Waals surface area contributed by atoms with Crippen molar-refractivity contribution in [2.45, 2.75) is 37.3 Å². The largest absolute Gasteiger partial charge is 0.496 e. The zero-order valence-corrected chi connectivity index (χ0v) is 12.3. The molecule has 0 aromatic heterocycles. The molecule has 1 atom stereocenters. The molecule has 1 aromatic rings. The Kier molecular flexibility index (Phi) is 5.83. The van der Waals surface area contributed by atoms with Crippen LogP contribution in [0.15, 0.2) is 24.3 Å². The molecule has 20 heavy (non-hydrogen) atoms. The molecular weight excluding hydrogens is 254 g/mol. The molecule has 1 fully saturated rings. The summed E-state index contributed by atoms with van der Waals surface area (Å²) in [5.74, 6) is 1.56. The van der Waals surface area contributed by atoms with Gasteiger partial charge in [0.1, 0.15) is 5.75 Å². The molecule has 0 amide bonds. The monoisotopic (exact) mass is 279 g/mol. The minimum atomic E-state index is 0.198. The summed E-state index contributed by atoms with van der Waals surface area (Å²) in [6.45, 7) is 0.847. The van der Waals surface area contributed by atoms with E-state index in [4.69, 9.17) is 14.6 Å². The average molecular weight is 279 g/mol. The Balaban J connectivity index is 1.84. The predicted molar refractivity (Wildman–Crippen MR) is 79.3 cm³/mol. The van der Waals surface area contributed by atoms with Gasteiger partial charge in [-0.3, -0.25) is 0 Å². The molecule has 1 aliphatic rings. The van der Waals surface area contributed by atoms with Gasteiger partial charge in [-0.15, -0.1) is 0 Å². The van der Waals surface area contributed by atoms with Crippen molar-refractivity contribution in [2.75, 3.05) is 27.4 Å². The van der Waals surface area contributed by atoms with Gasteiger partial charge in [0.25, 0.3) is 0 Å². The van der Waals surface area contributed by atoms with E-state index in [1.807, 2.05) is 12.1 Å². The lowest BCUT2D eigenvalue weighted by molar-refractivity contribution is 0.129. The fraction of sp³-hybridized carbons (Fsp3) is 0.625. The van der Waals surface area contributed by atoms with Crippen LogP contribution in [0.3, 0.4) is 0 Å². The second kappa shape index (κ2) is 7.62. The first-order valence-electron chi connectivity index (χ1n) is 7.27. The number of hydrogen-bond donors (Lipinski definition) is 2. The van der Waals surface area contributed by atoms with Gasteiger partial charge >= 0.3 is 0 Å². The van der Waals surface area contributed by atoms with Crippen LogP contribution in [-0.2, 0) is 4.74 Å². The third kappa shape index (κ3) is 3.72. The van der Waals surface area contributed by atoms with Gasteiger partial charge in [-0.05, 0) is 36.8 Å². The summed E-state index contributed by atoms with van der Waals surface area (Å²) in [5, 5.41) is 12.6. The Morgan fingerprint density at radius 3 is 2.70 bits per heavy atom. The number of methoxy groups -OCH3 is 2. The number of nitrogens with one attached hydrogen (secondary N) is 1. The lowest BCUT2D eigenvalue weighted by Crippen LogP contribution is -2.47. The van der Waals surface area contributed by atoms with E-state index >= 15 is 0 Å². The molecule has 0 saturated heterocycles. The smallest absolute Gasteiger partial charge is 0.122 e. The summed E-state index contributed by atoms with van der Waals surface area (Å²) < 4.78 is 10.6. The third-order valence-electron chi connectivity index (χ3n) is 4.03. The van der Waals surface area contributed by atoms with Crippen LogP contribution in [0.25, 0.3) is 0 Å². The topological polar surface area (TPSA) is 50.7 Å². The second-order valence-electron chi connectivity index (χ2n) is 5.44. The van der Waals surface area contributed by atoms with Crippen molar-refractivity contribution in [3.63, 3.8) is 0 Å². The summed E-state index contributed by atoms with van der Waals surface area (Å²) >= 11 is 0. The van der Waals surface area contributed by atoms with Gasteiger partial charge in [-0.25, -0.2) is 0 Å². The minimum Gasteiger partial charge on any atom is -0.496 e. The van der Waals surface area contributed by atoms with Crippen LogP contribution in [0.5, 0.6) is 5.75 Å². The number of aliphatic hydroxyl groups is 1. The maximum absolute atomic E-state index is 9.05. The molecule has 0 spiro atoms. The number of benzene rings is 1. The first-order valence-corrected chi connectivity index (χ1v) is 7.27. The van der Waals surface area contributed by atoms with Gasteiger partial charge in [-0.2, -0.15) is 0 Å². The summed E-state index contributed by atoms with van der Waals surface area (Å²) in [4.78, 5) is 0. The van der Waals surface area contributed by atoms with Crippen LogP contribution in [0, 0.1) is 0 Å². The Bertz CT molecular complexity index is 398. The van der Waals surface area contributed by atoms with E-state index in [1.165, 1.54) is 5.56 Å². The first-order chi connectivity index (χ1) is 9.78.